The molecule has 0 fully saturated rings. The largest absolute Gasteiger partial charge is 0.300 e. The predicted octanol–water partition coefficient (Wildman–Crippen LogP) is 5.19. The van der Waals surface area contributed by atoms with Crippen LogP contribution in [0.25, 0.3) is 0 Å². The lowest BCUT2D eigenvalue weighted by Gasteiger charge is -2.02. The number of nitrogens with one attached hydrogen (secondary N) is 1. The molecule has 1 N–H and O–H groups in total. The average Bonchev–Trinajstić information content (AvgIpc) is 3.09. The summed E-state index contributed by atoms with van der Waals surface area (Å²) in [6.45, 7) is 0. The van der Waals surface area contributed by atoms with Gasteiger partial charge in [0.15, 0.2) is 4.34 Å². The third-order valence-corrected chi connectivity index (χ3v) is 5.83. The minimum atomic E-state index is -0.416. The molecule has 0 aliphatic carbocycles. The van der Waals surface area contributed by atoms with Crippen LogP contribution in [0.1, 0.15) is 17.5 Å². The van der Waals surface area contributed by atoms with E-state index in [1.807, 2.05) is 30.3 Å². The van der Waals surface area contributed by atoms with Gasteiger partial charge in [0.2, 0.25) is 11.0 Å². The number of rotatable bonds is 7. The van der Waals surface area contributed by atoms with Gasteiger partial charge in [0.05, 0.1) is 5.02 Å². The van der Waals surface area contributed by atoms with Crippen molar-refractivity contribution in [2.45, 2.75) is 22.9 Å². The first-order chi connectivity index (χ1) is 12.6. The van der Waals surface area contributed by atoms with Crippen molar-refractivity contribution in [2.24, 2.45) is 0 Å². The van der Waals surface area contributed by atoms with Gasteiger partial charge in [-0.05, 0) is 23.6 Å². The summed E-state index contributed by atoms with van der Waals surface area (Å²) >= 11 is 8.39. The van der Waals surface area contributed by atoms with E-state index >= 15 is 0 Å². The second-order valence-corrected chi connectivity index (χ2v) is 8.02. The molecule has 3 aromatic rings. The van der Waals surface area contributed by atoms with E-state index in [4.69, 9.17) is 11.6 Å². The molecule has 0 radical (unpaired) electrons. The predicted molar refractivity (Wildman–Crippen MR) is 104 cm³/mol. The second kappa shape index (κ2) is 9.12. The summed E-state index contributed by atoms with van der Waals surface area (Å²) in [6.07, 6.45) is 1.04. The van der Waals surface area contributed by atoms with Crippen molar-refractivity contribution in [1.82, 2.24) is 10.2 Å². The molecule has 0 saturated carbocycles. The van der Waals surface area contributed by atoms with Crippen LogP contribution in [0.4, 0.5) is 9.52 Å². The van der Waals surface area contributed by atoms with E-state index in [0.717, 1.165) is 5.56 Å². The highest BCUT2D eigenvalue weighted by molar-refractivity contribution is 8.00. The second-order valence-electron chi connectivity index (χ2n) is 5.41. The molecule has 0 aliphatic heterocycles. The number of anilines is 1. The Balaban J connectivity index is 1.49. The zero-order chi connectivity index (χ0) is 18.4. The Morgan fingerprint density at radius 2 is 1.96 bits per heavy atom. The summed E-state index contributed by atoms with van der Waals surface area (Å²) in [4.78, 5) is 12.0. The molecule has 3 rings (SSSR count). The summed E-state index contributed by atoms with van der Waals surface area (Å²) in [5.74, 6) is -0.133. The Morgan fingerprint density at radius 3 is 2.77 bits per heavy atom. The third-order valence-electron chi connectivity index (χ3n) is 3.52. The van der Waals surface area contributed by atoms with E-state index in [9.17, 15) is 9.18 Å². The lowest BCUT2D eigenvalue weighted by atomic mass is 10.1. The number of amides is 1. The maximum Gasteiger partial charge on any atom is 0.226 e. The fourth-order valence-electron chi connectivity index (χ4n) is 2.20. The van der Waals surface area contributed by atoms with Gasteiger partial charge in [-0.25, -0.2) is 4.39 Å². The first-order valence-electron chi connectivity index (χ1n) is 7.85. The van der Waals surface area contributed by atoms with Gasteiger partial charge in [-0.3, -0.25) is 4.79 Å². The molecule has 4 nitrogen and oxygen atoms in total. The lowest BCUT2D eigenvalue weighted by Crippen LogP contribution is -2.12. The van der Waals surface area contributed by atoms with Crippen LogP contribution in [0.3, 0.4) is 0 Å². The number of halogens is 2. The van der Waals surface area contributed by atoms with Crippen LogP contribution in [0.2, 0.25) is 5.02 Å². The monoisotopic (exact) mass is 407 g/mol. The van der Waals surface area contributed by atoms with Crippen LogP contribution in [0.15, 0.2) is 52.9 Å². The number of thioether (sulfide) groups is 1. The normalized spacial score (nSPS) is 10.7. The van der Waals surface area contributed by atoms with Gasteiger partial charge in [-0.2, -0.15) is 0 Å². The minimum absolute atomic E-state index is 0.103. The fraction of sp³-hybridized carbons (Fsp3) is 0.167. The van der Waals surface area contributed by atoms with Crippen LogP contribution in [-0.4, -0.2) is 16.1 Å². The van der Waals surface area contributed by atoms with Crippen LogP contribution >= 0.6 is 34.7 Å². The van der Waals surface area contributed by atoms with Crippen LogP contribution in [0.5, 0.6) is 0 Å². The molecule has 0 saturated heterocycles. The molecule has 134 valence electrons. The molecule has 8 heteroatoms. The SMILES string of the molecule is O=C(CCc1ccccc1)Nc1nnc(SCc2cccc(Cl)c2F)s1. The number of carbonyl (C=O) groups excluding carboxylic acids is 1. The van der Waals surface area contributed by atoms with E-state index in [0.29, 0.717) is 33.6 Å². The summed E-state index contributed by atoms with van der Waals surface area (Å²) < 4.78 is 14.5. The van der Waals surface area contributed by atoms with Crippen molar-refractivity contribution >= 4 is 45.7 Å². The topological polar surface area (TPSA) is 54.9 Å². The number of nitrogens with zero attached hydrogens (tertiary/aromatic N) is 2. The molecule has 0 unspecified atom stereocenters. The fourth-order valence-corrected chi connectivity index (χ4v) is 4.14. The molecule has 0 aliphatic rings. The highest BCUT2D eigenvalue weighted by Gasteiger charge is 2.11. The van der Waals surface area contributed by atoms with Crippen molar-refractivity contribution in [2.75, 3.05) is 5.32 Å². The Kier molecular flexibility index (Phi) is 6.60. The van der Waals surface area contributed by atoms with Crippen molar-refractivity contribution in [3.05, 3.63) is 70.5 Å². The van der Waals surface area contributed by atoms with Crippen molar-refractivity contribution in [3.63, 3.8) is 0 Å². The highest BCUT2D eigenvalue weighted by Crippen LogP contribution is 2.30. The standard InChI is InChI=1S/C18H15ClFN3OS2/c19-14-8-4-7-13(16(14)20)11-25-18-23-22-17(26-18)21-15(24)10-9-12-5-2-1-3-6-12/h1-8H,9-11H2,(H,21,22,24). The Bertz CT molecular complexity index is 889. The molecular weight excluding hydrogens is 393 g/mol. The van der Waals surface area contributed by atoms with Gasteiger partial charge >= 0.3 is 0 Å². The van der Waals surface area contributed by atoms with E-state index < -0.39 is 5.82 Å². The van der Waals surface area contributed by atoms with Crippen molar-refractivity contribution in [3.8, 4) is 0 Å². The van der Waals surface area contributed by atoms with Gasteiger partial charge in [-0.15, -0.1) is 10.2 Å². The van der Waals surface area contributed by atoms with Crippen LogP contribution in [-0.2, 0) is 17.0 Å². The van der Waals surface area contributed by atoms with Gasteiger partial charge in [0, 0.05) is 12.2 Å². The zero-order valence-corrected chi connectivity index (χ0v) is 16.0. The number of benzene rings is 2. The number of carbonyl (C=O) groups is 1. The summed E-state index contributed by atoms with van der Waals surface area (Å²) in [7, 11) is 0. The van der Waals surface area contributed by atoms with Crippen LogP contribution in [0, 0.1) is 5.82 Å². The van der Waals surface area contributed by atoms with E-state index in [2.05, 4.69) is 15.5 Å². The maximum absolute atomic E-state index is 13.9. The summed E-state index contributed by atoms with van der Waals surface area (Å²) in [6, 6.07) is 14.7. The highest BCUT2D eigenvalue weighted by atomic mass is 35.5. The molecule has 1 amide bonds. The first kappa shape index (κ1) is 18.8. The number of aromatic nitrogens is 2. The first-order valence-corrected chi connectivity index (χ1v) is 10.0. The molecule has 0 atom stereocenters. The van der Waals surface area contributed by atoms with Crippen molar-refractivity contribution in [1.29, 1.82) is 0 Å². The van der Waals surface area contributed by atoms with Gasteiger partial charge < -0.3 is 5.32 Å². The summed E-state index contributed by atoms with van der Waals surface area (Å²) in [5.41, 5.74) is 1.62. The third kappa shape index (κ3) is 5.27. The number of hydrogen-bond acceptors (Lipinski definition) is 5. The van der Waals surface area contributed by atoms with E-state index in [1.54, 1.807) is 12.1 Å². The number of aryl methyl sites for hydroxylation is 1. The molecule has 1 heterocycles. The quantitative estimate of drug-likeness (QED) is 0.432. The zero-order valence-electron chi connectivity index (χ0n) is 13.6. The Hall–Kier alpha value is -1.96. The average molecular weight is 408 g/mol. The smallest absolute Gasteiger partial charge is 0.226 e. The Labute approximate surface area is 163 Å². The summed E-state index contributed by atoms with van der Waals surface area (Å²) in [5, 5.41) is 11.3. The maximum atomic E-state index is 13.9. The lowest BCUT2D eigenvalue weighted by molar-refractivity contribution is -0.116. The minimum Gasteiger partial charge on any atom is -0.300 e. The van der Waals surface area contributed by atoms with Gasteiger partial charge in [0.25, 0.3) is 0 Å². The van der Waals surface area contributed by atoms with E-state index in [-0.39, 0.29) is 10.9 Å². The molecule has 1 aromatic heterocycles. The van der Waals surface area contributed by atoms with E-state index in [1.165, 1.54) is 29.2 Å². The van der Waals surface area contributed by atoms with Gasteiger partial charge in [-0.1, -0.05) is 77.2 Å². The Morgan fingerprint density at radius 1 is 1.15 bits per heavy atom. The molecule has 0 bridgehead atoms. The van der Waals surface area contributed by atoms with Gasteiger partial charge in [0.1, 0.15) is 5.82 Å². The molecule has 0 spiro atoms. The molecular formula is C18H15ClFN3OS2. The van der Waals surface area contributed by atoms with Crippen molar-refractivity contribution < 1.29 is 9.18 Å². The van der Waals surface area contributed by atoms with Crippen LogP contribution < -0.4 is 5.32 Å². The number of hydrogen-bond donors (Lipinski definition) is 1. The molecule has 26 heavy (non-hydrogen) atoms. The molecule has 2 aromatic carbocycles.